The number of nitrogens with zero attached hydrogens (tertiary/aromatic N) is 2. The molecule has 1 heterocycles. The van der Waals surface area contributed by atoms with Crippen LogP contribution in [-0.2, 0) is 13.1 Å². The normalized spacial score (nSPS) is 14.4. The van der Waals surface area contributed by atoms with E-state index in [0.29, 0.717) is 12.6 Å². The lowest BCUT2D eigenvalue weighted by Gasteiger charge is -2.13. The molecule has 1 saturated carbocycles. The largest absolute Gasteiger partial charge is 0.489 e. The first kappa shape index (κ1) is 15.1. The second-order valence-corrected chi connectivity index (χ2v) is 6.87. The molecule has 1 fully saturated rings. The van der Waals surface area contributed by atoms with Gasteiger partial charge in [-0.2, -0.15) is 5.10 Å². The van der Waals surface area contributed by atoms with Gasteiger partial charge in [0.15, 0.2) is 0 Å². The van der Waals surface area contributed by atoms with E-state index in [2.05, 4.69) is 54.4 Å². The molecule has 0 spiro atoms. The van der Waals surface area contributed by atoms with Gasteiger partial charge in [0.1, 0.15) is 12.4 Å². The summed E-state index contributed by atoms with van der Waals surface area (Å²) in [6, 6.07) is 6.85. The first-order valence-electron chi connectivity index (χ1n) is 7.04. The van der Waals surface area contributed by atoms with Gasteiger partial charge in [-0.3, -0.25) is 4.68 Å². The second-order valence-electron chi connectivity index (χ2n) is 5.16. The van der Waals surface area contributed by atoms with Crippen LogP contribution in [0.2, 0.25) is 0 Å². The minimum absolute atomic E-state index is 0.582. The predicted octanol–water partition coefficient (Wildman–Crippen LogP) is 3.74. The number of benzene rings is 1. The summed E-state index contributed by atoms with van der Waals surface area (Å²) in [6.45, 7) is 2.21. The molecule has 0 saturated heterocycles. The van der Waals surface area contributed by atoms with Crippen molar-refractivity contribution in [3.05, 3.63) is 45.1 Å². The van der Waals surface area contributed by atoms with Gasteiger partial charge < -0.3 is 10.1 Å². The molecule has 4 nitrogen and oxygen atoms in total. The van der Waals surface area contributed by atoms with E-state index in [-0.39, 0.29) is 0 Å². The Morgan fingerprint density at radius 2 is 2.05 bits per heavy atom. The van der Waals surface area contributed by atoms with Crippen molar-refractivity contribution in [2.75, 3.05) is 6.61 Å². The van der Waals surface area contributed by atoms with Crippen LogP contribution in [0.3, 0.4) is 0 Å². The molecule has 0 unspecified atom stereocenters. The molecule has 6 heteroatoms. The Morgan fingerprint density at radius 1 is 1.29 bits per heavy atom. The minimum atomic E-state index is 0.582. The summed E-state index contributed by atoms with van der Waals surface area (Å²) in [4.78, 5) is 0. The van der Waals surface area contributed by atoms with Crippen molar-refractivity contribution in [3.63, 3.8) is 0 Å². The molecule has 0 atom stereocenters. The molecular weight excluding hydrogens is 398 g/mol. The van der Waals surface area contributed by atoms with Gasteiger partial charge in [0.2, 0.25) is 0 Å². The van der Waals surface area contributed by atoms with E-state index in [9.17, 15) is 0 Å². The van der Waals surface area contributed by atoms with E-state index < -0.39 is 0 Å². The summed E-state index contributed by atoms with van der Waals surface area (Å²) < 4.78 is 9.67. The zero-order chi connectivity index (χ0) is 14.7. The number of halogens is 2. The molecule has 0 radical (unpaired) electrons. The molecule has 21 heavy (non-hydrogen) atoms. The molecule has 1 N–H and O–H groups in total. The summed E-state index contributed by atoms with van der Waals surface area (Å²) in [7, 11) is 0. The molecule has 1 aliphatic carbocycles. The predicted molar refractivity (Wildman–Crippen MR) is 89.4 cm³/mol. The highest BCUT2D eigenvalue weighted by Crippen LogP contribution is 2.35. The second kappa shape index (κ2) is 6.94. The van der Waals surface area contributed by atoms with Crippen LogP contribution < -0.4 is 10.1 Å². The Hall–Kier alpha value is -0.850. The number of ether oxygens (including phenoxy) is 1. The average molecular weight is 415 g/mol. The van der Waals surface area contributed by atoms with Gasteiger partial charge in [-0.15, -0.1) is 0 Å². The summed E-state index contributed by atoms with van der Waals surface area (Å²) in [5, 5.41) is 7.67. The van der Waals surface area contributed by atoms with Crippen LogP contribution in [0.15, 0.2) is 39.5 Å². The first-order chi connectivity index (χ1) is 10.2. The molecule has 112 valence electrons. The van der Waals surface area contributed by atoms with Crippen molar-refractivity contribution >= 4 is 31.9 Å². The zero-order valence-electron chi connectivity index (χ0n) is 11.6. The maximum Gasteiger partial charge on any atom is 0.147 e. The summed E-state index contributed by atoms with van der Waals surface area (Å²) >= 11 is 7.19. The quantitative estimate of drug-likeness (QED) is 0.749. The molecule has 0 aliphatic heterocycles. The Labute approximate surface area is 141 Å². The summed E-state index contributed by atoms with van der Waals surface area (Å²) in [5.41, 5.74) is 1.25. The van der Waals surface area contributed by atoms with Gasteiger partial charge in [0, 0.05) is 25.0 Å². The van der Waals surface area contributed by atoms with Crippen molar-refractivity contribution in [1.29, 1.82) is 0 Å². The molecule has 0 amide bonds. The number of hydrogen-bond acceptors (Lipinski definition) is 3. The SMILES string of the molecule is Brc1cc(CNC2CC2)cc(Br)c1OCCn1cccn1. The smallest absolute Gasteiger partial charge is 0.147 e. The van der Waals surface area contributed by atoms with Crippen LogP contribution in [0.4, 0.5) is 0 Å². The summed E-state index contributed by atoms with van der Waals surface area (Å²) in [5.74, 6) is 0.845. The van der Waals surface area contributed by atoms with Crippen molar-refractivity contribution in [2.24, 2.45) is 0 Å². The van der Waals surface area contributed by atoms with Crippen LogP contribution >= 0.6 is 31.9 Å². The van der Waals surface area contributed by atoms with Crippen molar-refractivity contribution in [3.8, 4) is 5.75 Å². The molecular formula is C15H17Br2N3O. The summed E-state index contributed by atoms with van der Waals surface area (Å²) in [6.07, 6.45) is 6.31. The lowest BCUT2D eigenvalue weighted by atomic mass is 10.2. The number of hydrogen-bond donors (Lipinski definition) is 1. The zero-order valence-corrected chi connectivity index (χ0v) is 14.7. The maximum absolute atomic E-state index is 5.86. The molecule has 1 aliphatic rings. The van der Waals surface area contributed by atoms with E-state index in [0.717, 1.165) is 27.8 Å². The van der Waals surface area contributed by atoms with Crippen molar-refractivity contribution in [2.45, 2.75) is 32.0 Å². The molecule has 1 aromatic carbocycles. The van der Waals surface area contributed by atoms with Crippen molar-refractivity contribution in [1.82, 2.24) is 15.1 Å². The highest BCUT2D eigenvalue weighted by Gasteiger charge is 2.20. The van der Waals surface area contributed by atoms with Crippen LogP contribution in [0.1, 0.15) is 18.4 Å². The van der Waals surface area contributed by atoms with Crippen LogP contribution in [0, 0.1) is 0 Å². The fourth-order valence-electron chi connectivity index (χ4n) is 2.08. The van der Waals surface area contributed by atoms with Crippen molar-refractivity contribution < 1.29 is 4.74 Å². The lowest BCUT2D eigenvalue weighted by Crippen LogP contribution is -2.15. The average Bonchev–Trinajstić information content (AvgIpc) is 3.14. The fraction of sp³-hybridized carbons (Fsp3) is 0.400. The van der Waals surface area contributed by atoms with Gasteiger partial charge in [0.05, 0.1) is 15.5 Å². The van der Waals surface area contributed by atoms with E-state index >= 15 is 0 Å². The number of nitrogens with one attached hydrogen (secondary N) is 1. The van der Waals surface area contributed by atoms with Gasteiger partial charge in [-0.1, -0.05) is 0 Å². The Balaban J connectivity index is 1.58. The van der Waals surface area contributed by atoms with E-state index in [1.807, 2.05) is 16.9 Å². The monoisotopic (exact) mass is 413 g/mol. The molecule has 3 rings (SSSR count). The van der Waals surface area contributed by atoms with Crippen LogP contribution in [-0.4, -0.2) is 22.4 Å². The molecule has 0 bridgehead atoms. The fourth-order valence-corrected chi connectivity index (χ4v) is 3.59. The van der Waals surface area contributed by atoms with Gasteiger partial charge >= 0.3 is 0 Å². The van der Waals surface area contributed by atoms with Crippen LogP contribution in [0.25, 0.3) is 0 Å². The molecule has 2 aromatic rings. The lowest BCUT2D eigenvalue weighted by molar-refractivity contribution is 0.288. The highest BCUT2D eigenvalue weighted by atomic mass is 79.9. The van der Waals surface area contributed by atoms with Gasteiger partial charge in [-0.25, -0.2) is 0 Å². The van der Waals surface area contributed by atoms with Crippen LogP contribution in [0.5, 0.6) is 5.75 Å². The Morgan fingerprint density at radius 3 is 2.67 bits per heavy atom. The van der Waals surface area contributed by atoms with E-state index in [1.54, 1.807) is 6.20 Å². The molecule has 1 aromatic heterocycles. The van der Waals surface area contributed by atoms with Gasteiger partial charge in [-0.05, 0) is 68.5 Å². The first-order valence-corrected chi connectivity index (χ1v) is 8.62. The number of rotatable bonds is 7. The highest BCUT2D eigenvalue weighted by molar-refractivity contribution is 9.11. The third kappa shape index (κ3) is 4.31. The topological polar surface area (TPSA) is 39.1 Å². The standard InChI is InChI=1S/C15H17Br2N3O/c16-13-8-11(10-18-12-2-3-12)9-14(17)15(13)21-7-6-20-5-1-4-19-20/h1,4-5,8-9,12,18H,2-3,6-7,10H2. The number of aromatic nitrogens is 2. The Bertz CT molecular complexity index is 574. The minimum Gasteiger partial charge on any atom is -0.489 e. The third-order valence-electron chi connectivity index (χ3n) is 3.36. The van der Waals surface area contributed by atoms with E-state index in [4.69, 9.17) is 4.74 Å². The third-order valence-corrected chi connectivity index (χ3v) is 4.53. The Kier molecular flexibility index (Phi) is 4.98. The van der Waals surface area contributed by atoms with E-state index in [1.165, 1.54) is 18.4 Å². The van der Waals surface area contributed by atoms with Gasteiger partial charge in [0.25, 0.3) is 0 Å². The maximum atomic E-state index is 5.86.